The lowest BCUT2D eigenvalue weighted by molar-refractivity contribution is 0.103. The molecule has 0 aliphatic heterocycles. The highest BCUT2D eigenvalue weighted by molar-refractivity contribution is 6.11. The van der Waals surface area contributed by atoms with Crippen LogP contribution in [-0.4, -0.2) is 34.2 Å². The average Bonchev–Trinajstić information content (AvgIpc) is 2.59. The monoisotopic (exact) mass is 302 g/mol. The van der Waals surface area contributed by atoms with Crippen LogP contribution in [0.5, 0.6) is 23.0 Å². The molecule has 0 aromatic heterocycles. The Bertz CT molecular complexity index is 664. The lowest BCUT2D eigenvalue weighted by Crippen LogP contribution is -2.07. The number of rotatable bonds is 6. The van der Waals surface area contributed by atoms with Crippen LogP contribution in [-0.2, 0) is 0 Å². The van der Waals surface area contributed by atoms with Gasteiger partial charge in [-0.2, -0.15) is 0 Å². The maximum Gasteiger partial charge on any atom is 0.208 e. The molecular formula is C17H18O5. The lowest BCUT2D eigenvalue weighted by Gasteiger charge is -2.18. The molecule has 2 aromatic rings. The Hall–Kier alpha value is -2.69. The number of hydrogen-bond donors (Lipinski definition) is 0. The number of carbonyl (C=O) groups is 1. The maximum absolute atomic E-state index is 12.7. The van der Waals surface area contributed by atoms with Gasteiger partial charge in [0, 0.05) is 5.56 Å². The number of hydrogen-bond acceptors (Lipinski definition) is 5. The Labute approximate surface area is 129 Å². The zero-order valence-electron chi connectivity index (χ0n) is 13.0. The second kappa shape index (κ2) is 6.85. The molecule has 0 spiro atoms. The van der Waals surface area contributed by atoms with E-state index in [4.69, 9.17) is 18.9 Å². The third-order valence-electron chi connectivity index (χ3n) is 3.27. The van der Waals surface area contributed by atoms with Gasteiger partial charge in [-0.05, 0) is 6.07 Å². The molecule has 0 N–H and O–H groups in total. The summed E-state index contributed by atoms with van der Waals surface area (Å²) in [5.41, 5.74) is 0.901. The van der Waals surface area contributed by atoms with E-state index in [1.165, 1.54) is 28.4 Å². The number of carbonyl (C=O) groups excluding carboxylic acids is 1. The topological polar surface area (TPSA) is 54.0 Å². The molecule has 0 unspecified atom stereocenters. The fourth-order valence-electron chi connectivity index (χ4n) is 2.25. The molecule has 0 atom stereocenters. The minimum absolute atomic E-state index is 0.184. The molecule has 5 heteroatoms. The Morgan fingerprint density at radius 1 is 0.773 bits per heavy atom. The average molecular weight is 302 g/mol. The van der Waals surface area contributed by atoms with Crippen LogP contribution in [0, 0.1) is 0 Å². The van der Waals surface area contributed by atoms with Crippen LogP contribution in [0.15, 0.2) is 36.4 Å². The van der Waals surface area contributed by atoms with Gasteiger partial charge in [0.1, 0.15) is 0 Å². The van der Waals surface area contributed by atoms with E-state index in [0.29, 0.717) is 34.1 Å². The van der Waals surface area contributed by atoms with E-state index in [1.54, 1.807) is 30.3 Å². The highest BCUT2D eigenvalue weighted by Crippen LogP contribution is 2.47. The minimum Gasteiger partial charge on any atom is -0.493 e. The molecule has 0 fully saturated rings. The third-order valence-corrected chi connectivity index (χ3v) is 3.27. The molecule has 5 nitrogen and oxygen atoms in total. The highest BCUT2D eigenvalue weighted by Gasteiger charge is 2.25. The SMILES string of the molecule is COc1cc(C(=O)c2ccccc2)c(OC)c(OC)c1OC. The van der Waals surface area contributed by atoms with Crippen molar-refractivity contribution in [1.82, 2.24) is 0 Å². The largest absolute Gasteiger partial charge is 0.493 e. The Balaban J connectivity index is 2.67. The van der Waals surface area contributed by atoms with Crippen LogP contribution in [0.25, 0.3) is 0 Å². The van der Waals surface area contributed by atoms with Gasteiger partial charge in [0.15, 0.2) is 17.3 Å². The van der Waals surface area contributed by atoms with E-state index in [-0.39, 0.29) is 5.78 Å². The number of ether oxygens (including phenoxy) is 4. The van der Waals surface area contributed by atoms with Gasteiger partial charge in [0.25, 0.3) is 0 Å². The molecule has 0 heterocycles. The van der Waals surface area contributed by atoms with E-state index < -0.39 is 0 Å². The van der Waals surface area contributed by atoms with Crippen LogP contribution < -0.4 is 18.9 Å². The summed E-state index contributed by atoms with van der Waals surface area (Å²) in [6.07, 6.45) is 0. The van der Waals surface area contributed by atoms with Gasteiger partial charge in [-0.15, -0.1) is 0 Å². The zero-order chi connectivity index (χ0) is 16.1. The van der Waals surface area contributed by atoms with Crippen molar-refractivity contribution in [2.24, 2.45) is 0 Å². The first-order valence-electron chi connectivity index (χ1n) is 6.64. The number of methoxy groups -OCH3 is 4. The van der Waals surface area contributed by atoms with Crippen molar-refractivity contribution in [3.05, 3.63) is 47.5 Å². The molecule has 2 aromatic carbocycles. The van der Waals surface area contributed by atoms with E-state index >= 15 is 0 Å². The van der Waals surface area contributed by atoms with Crippen LogP contribution in [0.1, 0.15) is 15.9 Å². The van der Waals surface area contributed by atoms with Crippen molar-refractivity contribution in [1.29, 1.82) is 0 Å². The Morgan fingerprint density at radius 3 is 1.86 bits per heavy atom. The van der Waals surface area contributed by atoms with Gasteiger partial charge in [0.2, 0.25) is 11.5 Å². The zero-order valence-corrected chi connectivity index (χ0v) is 13.0. The second-order valence-corrected chi connectivity index (χ2v) is 4.42. The van der Waals surface area contributed by atoms with Crippen LogP contribution in [0.3, 0.4) is 0 Å². The smallest absolute Gasteiger partial charge is 0.208 e. The summed E-state index contributed by atoms with van der Waals surface area (Å²) in [7, 11) is 5.96. The van der Waals surface area contributed by atoms with Crippen LogP contribution in [0.4, 0.5) is 0 Å². The molecule has 0 amide bonds. The maximum atomic E-state index is 12.7. The quantitative estimate of drug-likeness (QED) is 0.768. The lowest BCUT2D eigenvalue weighted by atomic mass is 10.0. The summed E-state index contributed by atoms with van der Waals surface area (Å²) in [4.78, 5) is 12.7. The second-order valence-electron chi connectivity index (χ2n) is 4.42. The van der Waals surface area contributed by atoms with Crippen molar-refractivity contribution in [3.63, 3.8) is 0 Å². The van der Waals surface area contributed by atoms with Crippen molar-refractivity contribution >= 4 is 5.78 Å². The summed E-state index contributed by atoms with van der Waals surface area (Å²) in [5.74, 6) is 1.24. The molecule has 2 rings (SSSR count). The normalized spacial score (nSPS) is 10.0. The summed E-state index contributed by atoms with van der Waals surface area (Å²) in [5, 5.41) is 0. The Morgan fingerprint density at radius 2 is 1.36 bits per heavy atom. The number of ketones is 1. The van der Waals surface area contributed by atoms with Crippen molar-refractivity contribution in [2.75, 3.05) is 28.4 Å². The molecule has 116 valence electrons. The van der Waals surface area contributed by atoms with Gasteiger partial charge < -0.3 is 18.9 Å². The predicted molar refractivity (Wildman–Crippen MR) is 82.5 cm³/mol. The fraction of sp³-hybridized carbons (Fsp3) is 0.235. The van der Waals surface area contributed by atoms with E-state index in [1.807, 2.05) is 6.07 Å². The third kappa shape index (κ3) is 2.70. The van der Waals surface area contributed by atoms with Gasteiger partial charge in [0.05, 0.1) is 34.0 Å². The first-order chi connectivity index (χ1) is 10.7. The molecule has 0 saturated carbocycles. The molecule has 0 aliphatic carbocycles. The molecular weight excluding hydrogens is 284 g/mol. The predicted octanol–water partition coefficient (Wildman–Crippen LogP) is 2.95. The van der Waals surface area contributed by atoms with Crippen LogP contribution in [0.2, 0.25) is 0 Å². The van der Waals surface area contributed by atoms with Gasteiger partial charge in [-0.25, -0.2) is 0 Å². The molecule has 0 radical (unpaired) electrons. The summed E-state index contributed by atoms with van der Waals surface area (Å²) in [6, 6.07) is 10.5. The highest BCUT2D eigenvalue weighted by atomic mass is 16.5. The molecule has 0 saturated heterocycles. The van der Waals surface area contributed by atoms with E-state index in [9.17, 15) is 4.79 Å². The summed E-state index contributed by atoms with van der Waals surface area (Å²) in [6.45, 7) is 0. The van der Waals surface area contributed by atoms with Crippen molar-refractivity contribution in [3.8, 4) is 23.0 Å². The van der Waals surface area contributed by atoms with Crippen molar-refractivity contribution < 1.29 is 23.7 Å². The van der Waals surface area contributed by atoms with E-state index in [2.05, 4.69) is 0 Å². The van der Waals surface area contributed by atoms with Crippen LogP contribution >= 0.6 is 0 Å². The van der Waals surface area contributed by atoms with Gasteiger partial charge in [-0.1, -0.05) is 30.3 Å². The molecule has 22 heavy (non-hydrogen) atoms. The number of benzene rings is 2. The standard InChI is InChI=1S/C17H18O5/c1-19-13-10-12(14(18)11-8-6-5-7-9-11)15(20-2)17(22-4)16(13)21-3/h5-10H,1-4H3. The minimum atomic E-state index is -0.184. The van der Waals surface area contributed by atoms with Crippen molar-refractivity contribution in [2.45, 2.75) is 0 Å². The summed E-state index contributed by atoms with van der Waals surface area (Å²) >= 11 is 0. The van der Waals surface area contributed by atoms with Gasteiger partial charge in [-0.3, -0.25) is 4.79 Å². The van der Waals surface area contributed by atoms with Gasteiger partial charge >= 0.3 is 0 Å². The molecule has 0 aliphatic rings. The van der Waals surface area contributed by atoms with E-state index in [0.717, 1.165) is 0 Å². The Kier molecular flexibility index (Phi) is 4.88. The fourth-order valence-corrected chi connectivity index (χ4v) is 2.25. The first-order valence-corrected chi connectivity index (χ1v) is 6.64. The summed E-state index contributed by atoms with van der Waals surface area (Å²) < 4.78 is 21.3. The molecule has 0 bridgehead atoms. The first kappa shape index (κ1) is 15.7.